The summed E-state index contributed by atoms with van der Waals surface area (Å²) in [7, 11) is 1.68. The Bertz CT molecular complexity index is 564. The van der Waals surface area contributed by atoms with Crippen molar-refractivity contribution in [3.8, 4) is 0 Å². The fraction of sp³-hybridized carbons (Fsp3) is 0.500. The van der Waals surface area contributed by atoms with Crippen molar-refractivity contribution in [1.82, 2.24) is 25.5 Å². The molecule has 0 saturated heterocycles. The third-order valence-electron chi connectivity index (χ3n) is 3.17. The van der Waals surface area contributed by atoms with Gasteiger partial charge in [-0.1, -0.05) is 13.0 Å². The Morgan fingerprint density at radius 2 is 1.95 bits per heavy atom. The van der Waals surface area contributed by atoms with Gasteiger partial charge in [-0.2, -0.15) is 4.80 Å². The number of tetrazole rings is 1. The Balaban J connectivity index is 2.12. The number of nitrogens with zero attached hydrogens (tertiary/aromatic N) is 4. The van der Waals surface area contributed by atoms with E-state index in [1.54, 1.807) is 7.05 Å². The van der Waals surface area contributed by atoms with Crippen molar-refractivity contribution >= 4 is 0 Å². The van der Waals surface area contributed by atoms with Gasteiger partial charge in [0.05, 0.1) is 7.05 Å². The first-order valence-electron chi connectivity index (χ1n) is 6.99. The van der Waals surface area contributed by atoms with E-state index in [2.05, 4.69) is 20.7 Å². The highest BCUT2D eigenvalue weighted by molar-refractivity contribution is 5.21. The van der Waals surface area contributed by atoms with E-state index in [9.17, 15) is 8.78 Å². The Labute approximate surface area is 122 Å². The molecule has 2 aromatic rings. The molecule has 0 saturated carbocycles. The van der Waals surface area contributed by atoms with Crippen LogP contribution in [0.2, 0.25) is 0 Å². The zero-order valence-corrected chi connectivity index (χ0v) is 12.2. The van der Waals surface area contributed by atoms with E-state index >= 15 is 0 Å². The molecule has 7 heteroatoms. The number of halogens is 2. The van der Waals surface area contributed by atoms with E-state index in [-0.39, 0.29) is 18.0 Å². The van der Waals surface area contributed by atoms with Gasteiger partial charge in [-0.3, -0.25) is 0 Å². The van der Waals surface area contributed by atoms with Crippen molar-refractivity contribution in [2.45, 2.75) is 32.2 Å². The predicted molar refractivity (Wildman–Crippen MR) is 74.6 cm³/mol. The Kier molecular flexibility index (Phi) is 5.32. The third kappa shape index (κ3) is 4.29. The van der Waals surface area contributed by atoms with Crippen LogP contribution in [0.3, 0.4) is 0 Å². The highest BCUT2D eigenvalue weighted by atomic mass is 19.1. The number of benzene rings is 1. The van der Waals surface area contributed by atoms with Crippen molar-refractivity contribution in [2.75, 3.05) is 6.54 Å². The first-order valence-corrected chi connectivity index (χ1v) is 6.99. The normalized spacial score (nSPS) is 12.6. The topological polar surface area (TPSA) is 55.6 Å². The highest BCUT2D eigenvalue weighted by Crippen LogP contribution is 2.15. The summed E-state index contributed by atoms with van der Waals surface area (Å²) in [6.45, 7) is 2.80. The lowest BCUT2D eigenvalue weighted by Crippen LogP contribution is -2.34. The summed E-state index contributed by atoms with van der Waals surface area (Å²) >= 11 is 0. The molecule has 1 unspecified atom stereocenters. The van der Waals surface area contributed by atoms with Crippen LogP contribution in [0.1, 0.15) is 24.7 Å². The number of nitrogens with one attached hydrogen (secondary N) is 1. The molecule has 5 nitrogen and oxygen atoms in total. The highest BCUT2D eigenvalue weighted by Gasteiger charge is 2.17. The molecule has 0 fully saturated rings. The lowest BCUT2D eigenvalue weighted by Gasteiger charge is -2.17. The van der Waals surface area contributed by atoms with Gasteiger partial charge in [0.15, 0.2) is 5.82 Å². The number of aryl methyl sites for hydroxylation is 1. The SMILES string of the molecule is CCCNC(Cc1nnn(C)n1)Cc1c(F)cccc1F. The van der Waals surface area contributed by atoms with Crippen molar-refractivity contribution in [3.63, 3.8) is 0 Å². The summed E-state index contributed by atoms with van der Waals surface area (Å²) in [5.74, 6) is -0.487. The fourth-order valence-corrected chi connectivity index (χ4v) is 2.16. The molecule has 0 aliphatic rings. The number of hydrogen-bond acceptors (Lipinski definition) is 4. The molecular formula is C14H19F2N5. The minimum Gasteiger partial charge on any atom is -0.313 e. The summed E-state index contributed by atoms with van der Waals surface area (Å²) in [6, 6.07) is 3.78. The Morgan fingerprint density at radius 3 is 2.52 bits per heavy atom. The van der Waals surface area contributed by atoms with Crippen molar-refractivity contribution in [1.29, 1.82) is 0 Å². The molecule has 114 valence electrons. The predicted octanol–water partition coefficient (Wildman–Crippen LogP) is 1.64. The third-order valence-corrected chi connectivity index (χ3v) is 3.17. The van der Waals surface area contributed by atoms with Crippen LogP contribution in [0.15, 0.2) is 18.2 Å². The van der Waals surface area contributed by atoms with Gasteiger partial charge in [0, 0.05) is 18.0 Å². The molecule has 1 heterocycles. The average molecular weight is 295 g/mol. The van der Waals surface area contributed by atoms with Crippen molar-refractivity contribution < 1.29 is 8.78 Å². The molecule has 21 heavy (non-hydrogen) atoms. The van der Waals surface area contributed by atoms with Crippen LogP contribution in [0.4, 0.5) is 8.78 Å². The fourth-order valence-electron chi connectivity index (χ4n) is 2.16. The maximum atomic E-state index is 13.8. The summed E-state index contributed by atoms with van der Waals surface area (Å²) in [5.41, 5.74) is 0.0926. The minimum atomic E-state index is -0.523. The molecule has 0 spiro atoms. The van der Waals surface area contributed by atoms with Gasteiger partial charge in [0.1, 0.15) is 11.6 Å². The standard InChI is InChI=1S/C14H19F2N5/c1-3-7-17-10(9-14-18-20-21(2)19-14)8-11-12(15)5-4-6-13(11)16/h4-6,10,17H,3,7-9H2,1-2H3. The summed E-state index contributed by atoms with van der Waals surface area (Å²) in [5, 5.41) is 15.1. The molecule has 2 rings (SSSR count). The van der Waals surface area contributed by atoms with Crippen LogP contribution in [0.5, 0.6) is 0 Å². The first kappa shape index (κ1) is 15.5. The van der Waals surface area contributed by atoms with Crippen molar-refractivity contribution in [3.05, 3.63) is 41.2 Å². The first-order chi connectivity index (χ1) is 10.1. The Morgan fingerprint density at radius 1 is 1.24 bits per heavy atom. The van der Waals surface area contributed by atoms with Crippen molar-refractivity contribution in [2.24, 2.45) is 7.05 Å². The minimum absolute atomic E-state index is 0.0926. The van der Waals surface area contributed by atoms with Gasteiger partial charge in [0.2, 0.25) is 0 Å². The van der Waals surface area contributed by atoms with E-state index < -0.39 is 11.6 Å². The zero-order valence-electron chi connectivity index (χ0n) is 12.2. The second kappa shape index (κ2) is 7.21. The average Bonchev–Trinajstić information content (AvgIpc) is 2.85. The van der Waals surface area contributed by atoms with Gasteiger partial charge in [0.25, 0.3) is 0 Å². The quantitative estimate of drug-likeness (QED) is 0.844. The smallest absolute Gasteiger partial charge is 0.176 e. The van der Waals surface area contributed by atoms with Crippen LogP contribution >= 0.6 is 0 Å². The van der Waals surface area contributed by atoms with E-state index in [0.717, 1.165) is 13.0 Å². The van der Waals surface area contributed by atoms with Crippen LogP contribution < -0.4 is 5.32 Å². The molecule has 1 aromatic heterocycles. The molecule has 1 aromatic carbocycles. The molecule has 0 radical (unpaired) electrons. The zero-order chi connectivity index (χ0) is 15.2. The Hall–Kier alpha value is -1.89. The van der Waals surface area contributed by atoms with E-state index in [4.69, 9.17) is 0 Å². The lowest BCUT2D eigenvalue weighted by molar-refractivity contribution is 0.467. The number of hydrogen-bond donors (Lipinski definition) is 1. The van der Waals surface area contributed by atoms with E-state index in [1.807, 2.05) is 6.92 Å². The molecule has 0 amide bonds. The molecule has 0 aliphatic carbocycles. The van der Waals surface area contributed by atoms with Gasteiger partial charge in [-0.05, 0) is 36.7 Å². The molecule has 1 atom stereocenters. The molecular weight excluding hydrogens is 276 g/mol. The maximum absolute atomic E-state index is 13.8. The van der Waals surface area contributed by atoms with Crippen LogP contribution in [-0.4, -0.2) is 32.8 Å². The van der Waals surface area contributed by atoms with E-state index in [0.29, 0.717) is 12.2 Å². The summed E-state index contributed by atoms with van der Waals surface area (Å²) in [6.07, 6.45) is 1.66. The van der Waals surface area contributed by atoms with Crippen LogP contribution in [0.25, 0.3) is 0 Å². The monoisotopic (exact) mass is 295 g/mol. The number of rotatable bonds is 7. The molecule has 0 bridgehead atoms. The van der Waals surface area contributed by atoms with Crippen LogP contribution in [-0.2, 0) is 19.9 Å². The second-order valence-electron chi connectivity index (χ2n) is 4.95. The lowest BCUT2D eigenvalue weighted by atomic mass is 10.0. The largest absolute Gasteiger partial charge is 0.313 e. The molecule has 1 N–H and O–H groups in total. The summed E-state index contributed by atoms with van der Waals surface area (Å²) < 4.78 is 27.5. The van der Waals surface area contributed by atoms with Gasteiger partial charge in [-0.25, -0.2) is 8.78 Å². The molecule has 0 aliphatic heterocycles. The summed E-state index contributed by atoms with van der Waals surface area (Å²) in [4.78, 5) is 1.37. The maximum Gasteiger partial charge on any atom is 0.176 e. The van der Waals surface area contributed by atoms with Crippen LogP contribution in [0, 0.1) is 11.6 Å². The second-order valence-corrected chi connectivity index (χ2v) is 4.95. The van der Waals surface area contributed by atoms with Gasteiger partial charge < -0.3 is 5.32 Å². The van der Waals surface area contributed by atoms with Gasteiger partial charge in [-0.15, -0.1) is 10.2 Å². The number of aromatic nitrogens is 4. The van der Waals surface area contributed by atoms with E-state index in [1.165, 1.54) is 23.0 Å². The van der Waals surface area contributed by atoms with Gasteiger partial charge >= 0.3 is 0 Å².